The van der Waals surface area contributed by atoms with Crippen LogP contribution in [0, 0.1) is 5.82 Å². The molecule has 2 amide bonds. The molecular weight excluding hydrogens is 337 g/mol. The largest absolute Gasteiger partial charge is 0.367 e. The van der Waals surface area contributed by atoms with Crippen molar-refractivity contribution in [2.75, 3.05) is 38.6 Å². The van der Waals surface area contributed by atoms with Crippen LogP contribution < -0.4 is 4.90 Å². The Hall–Kier alpha value is -2.90. The molecule has 3 rings (SSSR count). The Labute approximate surface area is 151 Å². The standard InChI is InChI=1S/C18H22FN5O2/c1-21(2)18(26)16-12-23(15-6-4-14(19)5-7-15)8-9-24(16)17(25)13-10-20-22(3)11-13/h4-7,10-11,16H,8-9,12H2,1-3H3. The van der Waals surface area contributed by atoms with E-state index in [0.717, 1.165) is 5.69 Å². The second-order valence-electron chi connectivity index (χ2n) is 6.57. The van der Waals surface area contributed by atoms with E-state index in [0.29, 0.717) is 25.2 Å². The van der Waals surface area contributed by atoms with E-state index < -0.39 is 6.04 Å². The summed E-state index contributed by atoms with van der Waals surface area (Å²) in [6.45, 7) is 1.32. The van der Waals surface area contributed by atoms with Crippen LogP contribution in [0.5, 0.6) is 0 Å². The first-order chi connectivity index (χ1) is 12.4. The summed E-state index contributed by atoms with van der Waals surface area (Å²) in [5.41, 5.74) is 1.29. The van der Waals surface area contributed by atoms with Crippen LogP contribution in [0.3, 0.4) is 0 Å². The van der Waals surface area contributed by atoms with Crippen molar-refractivity contribution < 1.29 is 14.0 Å². The lowest BCUT2D eigenvalue weighted by Gasteiger charge is -2.42. The van der Waals surface area contributed by atoms with Crippen molar-refractivity contribution in [3.8, 4) is 0 Å². The Morgan fingerprint density at radius 1 is 1.19 bits per heavy atom. The number of halogens is 1. The van der Waals surface area contributed by atoms with Crippen molar-refractivity contribution in [2.45, 2.75) is 6.04 Å². The van der Waals surface area contributed by atoms with Crippen molar-refractivity contribution in [3.05, 3.63) is 48.0 Å². The Kier molecular flexibility index (Phi) is 4.92. The van der Waals surface area contributed by atoms with Crippen LogP contribution in [-0.2, 0) is 11.8 Å². The first kappa shape index (κ1) is 17.9. The highest BCUT2D eigenvalue weighted by molar-refractivity contribution is 5.97. The van der Waals surface area contributed by atoms with E-state index in [2.05, 4.69) is 5.10 Å². The van der Waals surface area contributed by atoms with Gasteiger partial charge >= 0.3 is 0 Å². The maximum Gasteiger partial charge on any atom is 0.257 e. The second kappa shape index (κ2) is 7.15. The van der Waals surface area contributed by atoms with Crippen LogP contribution in [0.1, 0.15) is 10.4 Å². The zero-order valence-electron chi connectivity index (χ0n) is 15.1. The molecule has 0 aliphatic carbocycles. The minimum atomic E-state index is -0.614. The lowest BCUT2D eigenvalue weighted by molar-refractivity contribution is -0.133. The van der Waals surface area contributed by atoms with Gasteiger partial charge in [-0.15, -0.1) is 0 Å². The number of nitrogens with zero attached hydrogens (tertiary/aromatic N) is 5. The van der Waals surface area contributed by atoms with Gasteiger partial charge in [0.15, 0.2) is 0 Å². The molecule has 0 radical (unpaired) electrons. The Balaban J connectivity index is 1.85. The summed E-state index contributed by atoms with van der Waals surface area (Å²) in [5, 5.41) is 4.04. The molecule has 0 bridgehead atoms. The zero-order valence-corrected chi connectivity index (χ0v) is 15.1. The molecule has 0 saturated carbocycles. The number of likely N-dealkylation sites (N-methyl/N-ethyl adjacent to an activating group) is 1. The van der Waals surface area contributed by atoms with Gasteiger partial charge in [-0.05, 0) is 24.3 Å². The van der Waals surface area contributed by atoms with Gasteiger partial charge in [-0.2, -0.15) is 5.10 Å². The number of rotatable bonds is 3. The summed E-state index contributed by atoms with van der Waals surface area (Å²) in [5.74, 6) is -0.661. The number of hydrogen-bond donors (Lipinski definition) is 0. The van der Waals surface area contributed by atoms with Gasteiger partial charge in [0.1, 0.15) is 11.9 Å². The lowest BCUT2D eigenvalue weighted by atomic mass is 10.1. The zero-order chi connectivity index (χ0) is 18.8. The summed E-state index contributed by atoms with van der Waals surface area (Å²) in [6, 6.07) is 5.55. The van der Waals surface area contributed by atoms with Crippen LogP contribution >= 0.6 is 0 Å². The third kappa shape index (κ3) is 3.54. The van der Waals surface area contributed by atoms with Crippen molar-refractivity contribution in [2.24, 2.45) is 7.05 Å². The third-order valence-electron chi connectivity index (χ3n) is 4.51. The molecule has 8 heteroatoms. The fourth-order valence-corrected chi connectivity index (χ4v) is 3.12. The molecule has 0 spiro atoms. The molecule has 7 nitrogen and oxygen atoms in total. The van der Waals surface area contributed by atoms with E-state index >= 15 is 0 Å². The van der Waals surface area contributed by atoms with E-state index in [9.17, 15) is 14.0 Å². The highest BCUT2D eigenvalue weighted by atomic mass is 19.1. The quantitative estimate of drug-likeness (QED) is 0.820. The monoisotopic (exact) mass is 359 g/mol. The Morgan fingerprint density at radius 2 is 1.88 bits per heavy atom. The fraction of sp³-hybridized carbons (Fsp3) is 0.389. The predicted molar refractivity (Wildman–Crippen MR) is 95.3 cm³/mol. The molecule has 1 aliphatic heterocycles. The van der Waals surface area contributed by atoms with E-state index in [1.807, 2.05) is 4.90 Å². The van der Waals surface area contributed by atoms with Gasteiger partial charge in [0.05, 0.1) is 11.8 Å². The lowest BCUT2D eigenvalue weighted by Crippen LogP contribution is -2.60. The number of benzene rings is 1. The molecule has 1 atom stereocenters. The van der Waals surface area contributed by atoms with Crippen molar-refractivity contribution in [1.29, 1.82) is 0 Å². The normalized spacial score (nSPS) is 17.3. The maximum absolute atomic E-state index is 13.2. The minimum absolute atomic E-state index is 0.144. The molecule has 1 aromatic carbocycles. The number of aromatic nitrogens is 2. The first-order valence-electron chi connectivity index (χ1n) is 8.38. The minimum Gasteiger partial charge on any atom is -0.367 e. The van der Waals surface area contributed by atoms with Gasteiger partial charge in [0.25, 0.3) is 5.91 Å². The van der Waals surface area contributed by atoms with Gasteiger partial charge < -0.3 is 14.7 Å². The average Bonchev–Trinajstić information content (AvgIpc) is 3.07. The highest BCUT2D eigenvalue weighted by Gasteiger charge is 2.37. The summed E-state index contributed by atoms with van der Waals surface area (Å²) >= 11 is 0. The summed E-state index contributed by atoms with van der Waals surface area (Å²) in [4.78, 5) is 30.7. The molecule has 1 aromatic heterocycles. The Morgan fingerprint density at radius 3 is 2.46 bits per heavy atom. The summed E-state index contributed by atoms with van der Waals surface area (Å²) in [6.07, 6.45) is 3.15. The number of aryl methyl sites for hydroxylation is 1. The topological polar surface area (TPSA) is 61.7 Å². The smallest absolute Gasteiger partial charge is 0.257 e. The van der Waals surface area contributed by atoms with Crippen LogP contribution in [0.15, 0.2) is 36.7 Å². The van der Waals surface area contributed by atoms with E-state index in [-0.39, 0.29) is 17.6 Å². The number of carbonyl (C=O) groups excluding carboxylic acids is 2. The maximum atomic E-state index is 13.2. The van der Waals surface area contributed by atoms with E-state index in [1.54, 1.807) is 49.1 Å². The van der Waals surface area contributed by atoms with Gasteiger partial charge in [-0.1, -0.05) is 0 Å². The van der Waals surface area contributed by atoms with Crippen molar-refractivity contribution in [1.82, 2.24) is 19.6 Å². The number of anilines is 1. The summed E-state index contributed by atoms with van der Waals surface area (Å²) in [7, 11) is 5.09. The number of amides is 2. The van der Waals surface area contributed by atoms with Gasteiger partial charge in [-0.3, -0.25) is 14.3 Å². The van der Waals surface area contributed by atoms with Crippen LogP contribution in [-0.4, -0.2) is 71.2 Å². The summed E-state index contributed by atoms with van der Waals surface area (Å²) < 4.78 is 14.7. The van der Waals surface area contributed by atoms with E-state index in [1.165, 1.54) is 23.2 Å². The predicted octanol–water partition coefficient (Wildman–Crippen LogP) is 0.978. The molecule has 2 heterocycles. The van der Waals surface area contributed by atoms with Crippen LogP contribution in [0.2, 0.25) is 0 Å². The van der Waals surface area contributed by atoms with Crippen molar-refractivity contribution in [3.63, 3.8) is 0 Å². The molecule has 1 aliphatic rings. The number of hydrogen-bond acceptors (Lipinski definition) is 4. The molecule has 1 fully saturated rings. The van der Waals surface area contributed by atoms with E-state index in [4.69, 9.17) is 0 Å². The first-order valence-corrected chi connectivity index (χ1v) is 8.38. The number of piperazine rings is 1. The highest BCUT2D eigenvalue weighted by Crippen LogP contribution is 2.22. The molecular formula is C18H22FN5O2. The molecule has 26 heavy (non-hydrogen) atoms. The third-order valence-corrected chi connectivity index (χ3v) is 4.51. The van der Waals surface area contributed by atoms with Crippen molar-refractivity contribution >= 4 is 17.5 Å². The molecule has 138 valence electrons. The van der Waals surface area contributed by atoms with Gasteiger partial charge in [0, 0.05) is 52.7 Å². The van der Waals surface area contributed by atoms with Crippen LogP contribution in [0.4, 0.5) is 10.1 Å². The molecule has 1 unspecified atom stereocenters. The second-order valence-corrected chi connectivity index (χ2v) is 6.57. The van der Waals surface area contributed by atoms with Crippen LogP contribution in [0.25, 0.3) is 0 Å². The number of carbonyl (C=O) groups is 2. The molecule has 2 aromatic rings. The molecule has 1 saturated heterocycles. The van der Waals surface area contributed by atoms with Gasteiger partial charge in [0.2, 0.25) is 5.91 Å². The average molecular weight is 359 g/mol. The SMILES string of the molecule is CN(C)C(=O)C1CN(c2ccc(F)cc2)CCN1C(=O)c1cnn(C)c1. The van der Waals surface area contributed by atoms with Gasteiger partial charge in [-0.25, -0.2) is 4.39 Å². The molecule has 0 N–H and O–H groups in total. The Bertz CT molecular complexity index is 802. The fourth-order valence-electron chi connectivity index (χ4n) is 3.12.